The van der Waals surface area contributed by atoms with Crippen LogP contribution < -0.4 is 0 Å². The van der Waals surface area contributed by atoms with Crippen LogP contribution in [-0.4, -0.2) is 22.3 Å². The van der Waals surface area contributed by atoms with Crippen LogP contribution in [0.5, 0.6) is 0 Å². The third-order valence-corrected chi connectivity index (χ3v) is 5.88. The van der Waals surface area contributed by atoms with Gasteiger partial charge in [0.1, 0.15) is 5.92 Å². The molecule has 0 radical (unpaired) electrons. The molecule has 2 bridgehead atoms. The Hall–Kier alpha value is -1.88. The number of aromatic nitrogens is 1. The molecule has 4 rings (SSSR count). The number of carbonyl (C=O) groups is 3. The summed E-state index contributed by atoms with van der Waals surface area (Å²) in [5.74, 6) is -1.94. The Balaban J connectivity index is 1.78. The summed E-state index contributed by atoms with van der Waals surface area (Å²) in [5.41, 5.74) is 3.76. The van der Waals surface area contributed by atoms with Gasteiger partial charge in [-0.25, -0.2) is 4.98 Å². The minimum Gasteiger partial charge on any atom is -0.298 e. The van der Waals surface area contributed by atoms with Gasteiger partial charge in [-0.2, -0.15) is 0 Å². The van der Waals surface area contributed by atoms with E-state index in [-0.39, 0.29) is 29.2 Å². The molecule has 2 fully saturated rings. The number of Topliss-reactive ketones (excluding diaryl/α,β-unsaturated/α-hetero) is 3. The Labute approximate surface area is 131 Å². The molecule has 1 aromatic carbocycles. The highest BCUT2D eigenvalue weighted by Gasteiger charge is 2.50. The first kappa shape index (κ1) is 13.8. The van der Waals surface area contributed by atoms with Gasteiger partial charge < -0.3 is 0 Å². The summed E-state index contributed by atoms with van der Waals surface area (Å²) >= 11 is 1.51. The summed E-state index contributed by atoms with van der Waals surface area (Å²) in [4.78, 5) is 42.1. The molecule has 2 atom stereocenters. The number of rotatable bonds is 2. The Morgan fingerprint density at radius 1 is 1.18 bits per heavy atom. The van der Waals surface area contributed by atoms with Crippen molar-refractivity contribution in [3.8, 4) is 0 Å². The zero-order valence-electron chi connectivity index (χ0n) is 12.2. The van der Waals surface area contributed by atoms with Gasteiger partial charge in [0.2, 0.25) is 0 Å². The molecule has 2 aromatic rings. The second kappa shape index (κ2) is 4.81. The first-order chi connectivity index (χ1) is 10.6. The summed E-state index contributed by atoms with van der Waals surface area (Å²) in [6.07, 6.45) is 2.15. The number of nitrogens with zero attached hydrogens (tertiary/aromatic N) is 1. The molecule has 0 aliphatic heterocycles. The minimum atomic E-state index is -1.08. The number of ketones is 3. The molecule has 2 unspecified atom stereocenters. The molecule has 0 N–H and O–H groups in total. The van der Waals surface area contributed by atoms with E-state index in [2.05, 4.69) is 4.98 Å². The highest BCUT2D eigenvalue weighted by molar-refractivity contribution is 7.16. The Morgan fingerprint density at radius 3 is 2.55 bits per heavy atom. The van der Waals surface area contributed by atoms with Gasteiger partial charge in [0, 0.05) is 17.4 Å². The lowest BCUT2D eigenvalue weighted by Gasteiger charge is -2.24. The number of benzene rings is 1. The van der Waals surface area contributed by atoms with E-state index < -0.39 is 5.92 Å². The fraction of sp³-hybridized carbons (Fsp3) is 0.412. The van der Waals surface area contributed by atoms with E-state index in [1.807, 2.05) is 13.0 Å². The summed E-state index contributed by atoms with van der Waals surface area (Å²) in [6, 6.07) is 3.58. The van der Waals surface area contributed by atoms with Crippen LogP contribution in [0.1, 0.15) is 35.2 Å². The number of hydrogen-bond donors (Lipinski definition) is 0. The van der Waals surface area contributed by atoms with E-state index in [1.165, 1.54) is 11.3 Å². The fourth-order valence-electron chi connectivity index (χ4n) is 3.86. The molecule has 112 valence electrons. The van der Waals surface area contributed by atoms with Crippen molar-refractivity contribution in [3.63, 3.8) is 0 Å². The van der Waals surface area contributed by atoms with Gasteiger partial charge in [0.05, 0.1) is 15.7 Å². The van der Waals surface area contributed by atoms with Crippen molar-refractivity contribution in [2.45, 2.75) is 26.2 Å². The van der Waals surface area contributed by atoms with Crippen LogP contribution in [0.3, 0.4) is 0 Å². The van der Waals surface area contributed by atoms with Crippen LogP contribution in [0.25, 0.3) is 10.2 Å². The van der Waals surface area contributed by atoms with Crippen LogP contribution in [0, 0.1) is 24.7 Å². The number of thiazole rings is 1. The average molecular weight is 313 g/mol. The summed E-state index contributed by atoms with van der Waals surface area (Å²) in [6.45, 7) is 1.83. The van der Waals surface area contributed by atoms with Gasteiger partial charge in [-0.3, -0.25) is 14.4 Å². The lowest BCUT2D eigenvalue weighted by Crippen LogP contribution is -2.41. The third-order valence-electron chi connectivity index (χ3n) is 5.09. The van der Waals surface area contributed by atoms with E-state index in [9.17, 15) is 14.4 Å². The van der Waals surface area contributed by atoms with Gasteiger partial charge in [-0.1, -0.05) is 0 Å². The summed E-state index contributed by atoms with van der Waals surface area (Å²) in [5, 5.41) is 0. The quantitative estimate of drug-likeness (QED) is 0.631. The lowest BCUT2D eigenvalue weighted by molar-refractivity contribution is -0.137. The van der Waals surface area contributed by atoms with Crippen molar-refractivity contribution in [1.29, 1.82) is 0 Å². The smallest absolute Gasteiger partial charge is 0.181 e. The van der Waals surface area contributed by atoms with E-state index in [1.54, 1.807) is 11.6 Å². The van der Waals surface area contributed by atoms with Crippen LogP contribution >= 0.6 is 11.3 Å². The van der Waals surface area contributed by atoms with Crippen molar-refractivity contribution in [1.82, 2.24) is 4.98 Å². The molecule has 1 aromatic heterocycles. The highest BCUT2D eigenvalue weighted by atomic mass is 32.1. The molecule has 2 aliphatic carbocycles. The van der Waals surface area contributed by atoms with Crippen LogP contribution in [0.4, 0.5) is 0 Å². The van der Waals surface area contributed by atoms with Crippen molar-refractivity contribution >= 4 is 38.9 Å². The van der Waals surface area contributed by atoms with Crippen molar-refractivity contribution in [2.24, 2.45) is 17.8 Å². The molecule has 2 aliphatic rings. The Morgan fingerprint density at radius 2 is 1.86 bits per heavy atom. The normalized spacial score (nSPS) is 27.6. The van der Waals surface area contributed by atoms with Crippen molar-refractivity contribution in [3.05, 3.63) is 28.8 Å². The molecule has 0 amide bonds. The van der Waals surface area contributed by atoms with Crippen molar-refractivity contribution in [2.75, 3.05) is 0 Å². The molecule has 5 heteroatoms. The number of fused-ring (bicyclic) bond motifs is 3. The van der Waals surface area contributed by atoms with E-state index in [0.717, 1.165) is 28.6 Å². The zero-order valence-corrected chi connectivity index (χ0v) is 13.0. The average Bonchev–Trinajstić information content (AvgIpc) is 3.14. The molecule has 1 heterocycles. The summed E-state index contributed by atoms with van der Waals surface area (Å²) in [7, 11) is 0. The number of carbonyl (C=O) groups excluding carboxylic acids is 3. The molecule has 0 spiro atoms. The zero-order chi connectivity index (χ0) is 15.4. The Bertz CT molecular complexity index is 800. The molecular weight excluding hydrogens is 298 g/mol. The van der Waals surface area contributed by atoms with E-state index in [4.69, 9.17) is 0 Å². The largest absolute Gasteiger partial charge is 0.298 e. The molecule has 22 heavy (non-hydrogen) atoms. The van der Waals surface area contributed by atoms with E-state index in [0.29, 0.717) is 12.0 Å². The summed E-state index contributed by atoms with van der Waals surface area (Å²) < 4.78 is 1.01. The van der Waals surface area contributed by atoms with Gasteiger partial charge in [-0.05, 0) is 43.9 Å². The maximum Gasteiger partial charge on any atom is 0.181 e. The third kappa shape index (κ3) is 1.81. The predicted molar refractivity (Wildman–Crippen MR) is 83.0 cm³/mol. The van der Waals surface area contributed by atoms with Crippen molar-refractivity contribution < 1.29 is 14.4 Å². The second-order valence-electron chi connectivity index (χ2n) is 6.25. The fourth-order valence-corrected chi connectivity index (χ4v) is 4.59. The first-order valence-electron chi connectivity index (χ1n) is 7.52. The van der Waals surface area contributed by atoms with Crippen LogP contribution in [-0.2, 0) is 9.59 Å². The molecule has 0 saturated heterocycles. The second-order valence-corrected chi connectivity index (χ2v) is 7.13. The molecular formula is C17H15NO3S. The first-order valence-corrected chi connectivity index (χ1v) is 8.40. The topological polar surface area (TPSA) is 64.1 Å². The number of hydrogen-bond acceptors (Lipinski definition) is 5. The number of aryl methyl sites for hydroxylation is 1. The van der Waals surface area contributed by atoms with Gasteiger partial charge in [0.25, 0.3) is 0 Å². The van der Waals surface area contributed by atoms with Gasteiger partial charge >= 0.3 is 0 Å². The van der Waals surface area contributed by atoms with E-state index >= 15 is 0 Å². The SMILES string of the molecule is Cc1c(C(=O)C2C(=O)C3CCC(C3)C2=O)ccc2scnc12. The maximum atomic E-state index is 12.9. The minimum absolute atomic E-state index is 0.0973. The molecule has 4 nitrogen and oxygen atoms in total. The van der Waals surface area contributed by atoms with Gasteiger partial charge in [-0.15, -0.1) is 11.3 Å². The molecule has 2 saturated carbocycles. The lowest BCUT2D eigenvalue weighted by atomic mass is 9.75. The predicted octanol–water partition coefficient (Wildman–Crippen LogP) is 2.97. The highest BCUT2D eigenvalue weighted by Crippen LogP contribution is 2.41. The standard InChI is InChI=1S/C17H15NO3S/c1-8-11(4-5-12-14(8)18-7-22-12)17(21)13-15(19)9-2-3-10(6-9)16(13)20/h4-5,7,9-10,13H,2-3,6H2,1H3. The van der Waals surface area contributed by atoms with Crippen LogP contribution in [0.2, 0.25) is 0 Å². The van der Waals surface area contributed by atoms with Crippen LogP contribution in [0.15, 0.2) is 17.6 Å². The van der Waals surface area contributed by atoms with Gasteiger partial charge in [0.15, 0.2) is 17.3 Å². The maximum absolute atomic E-state index is 12.9. The Kier molecular flexibility index (Phi) is 3.01. The monoisotopic (exact) mass is 313 g/mol.